The first-order valence-corrected chi connectivity index (χ1v) is 9.59. The van der Waals surface area contributed by atoms with Gasteiger partial charge >= 0.3 is 0 Å². The molecule has 1 aromatic carbocycles. The normalized spacial score (nSPS) is 11.2. The molecule has 0 atom stereocenters. The zero-order valence-corrected chi connectivity index (χ0v) is 16.7. The van der Waals surface area contributed by atoms with Gasteiger partial charge in [-0.05, 0) is 31.2 Å². The molecule has 0 spiro atoms. The second-order valence-corrected chi connectivity index (χ2v) is 7.58. The highest BCUT2D eigenvalue weighted by Gasteiger charge is 2.04. The molecule has 3 N–H and O–H groups in total. The summed E-state index contributed by atoms with van der Waals surface area (Å²) in [6, 6.07) is 7.50. The lowest BCUT2D eigenvalue weighted by atomic mass is 10.3. The van der Waals surface area contributed by atoms with Crippen molar-refractivity contribution in [3.05, 3.63) is 44.8 Å². The van der Waals surface area contributed by atoms with Crippen molar-refractivity contribution in [1.82, 2.24) is 15.6 Å². The van der Waals surface area contributed by atoms with Crippen LogP contribution in [0, 0.1) is 6.92 Å². The molecule has 25 heavy (non-hydrogen) atoms. The van der Waals surface area contributed by atoms with Crippen LogP contribution in [0.5, 0.6) is 0 Å². The summed E-state index contributed by atoms with van der Waals surface area (Å²) in [6.07, 6.45) is 3.10. The molecular weight excluding hydrogens is 402 g/mol. The Morgan fingerprint density at radius 3 is 2.60 bits per heavy atom. The number of halogens is 1. The first kappa shape index (κ1) is 19.4. The third kappa shape index (κ3) is 7.23. The van der Waals surface area contributed by atoms with Crippen molar-refractivity contribution in [2.24, 2.45) is 4.99 Å². The number of carbonyl (C=O) groups is 1. The molecule has 0 radical (unpaired) electrons. The average Bonchev–Trinajstić information content (AvgIpc) is 3.01. The van der Waals surface area contributed by atoms with E-state index in [9.17, 15) is 4.79 Å². The van der Waals surface area contributed by atoms with Crippen molar-refractivity contribution >= 4 is 44.8 Å². The second kappa shape index (κ2) is 10.1. The summed E-state index contributed by atoms with van der Waals surface area (Å²) in [5.74, 6) is 0.647. The third-order valence-electron chi connectivity index (χ3n) is 3.30. The minimum atomic E-state index is -0.0384. The number of hydrogen-bond donors (Lipinski definition) is 3. The van der Waals surface area contributed by atoms with Gasteiger partial charge in [-0.3, -0.25) is 9.79 Å². The van der Waals surface area contributed by atoms with E-state index in [0.29, 0.717) is 18.9 Å². The van der Waals surface area contributed by atoms with Crippen LogP contribution in [0.15, 0.2) is 39.9 Å². The van der Waals surface area contributed by atoms with Gasteiger partial charge in [0.2, 0.25) is 5.91 Å². The number of guanidine groups is 1. The van der Waals surface area contributed by atoms with Crippen LogP contribution in [0.2, 0.25) is 0 Å². The van der Waals surface area contributed by atoms with Crippen LogP contribution in [-0.2, 0) is 11.2 Å². The highest BCUT2D eigenvalue weighted by Crippen LogP contribution is 2.14. The zero-order chi connectivity index (χ0) is 18.1. The Morgan fingerprint density at radius 1 is 1.24 bits per heavy atom. The van der Waals surface area contributed by atoms with Gasteiger partial charge in [0.05, 0.1) is 5.01 Å². The van der Waals surface area contributed by atoms with E-state index in [1.54, 1.807) is 18.4 Å². The van der Waals surface area contributed by atoms with E-state index >= 15 is 0 Å². The molecule has 0 aliphatic carbocycles. The number of aliphatic imine (C=N–C) groups is 1. The number of carbonyl (C=O) groups excluding carboxylic acids is 1. The van der Waals surface area contributed by atoms with Gasteiger partial charge in [-0.25, -0.2) is 4.98 Å². The van der Waals surface area contributed by atoms with Gasteiger partial charge in [-0.15, -0.1) is 11.3 Å². The molecule has 0 saturated carbocycles. The smallest absolute Gasteiger partial charge is 0.226 e. The molecule has 0 bridgehead atoms. The Labute approximate surface area is 160 Å². The Hall–Kier alpha value is -1.93. The molecule has 1 amide bonds. The van der Waals surface area contributed by atoms with E-state index in [2.05, 4.69) is 48.8 Å². The highest BCUT2D eigenvalue weighted by molar-refractivity contribution is 9.10. The fraction of sp³-hybridized carbons (Fsp3) is 0.353. The van der Waals surface area contributed by atoms with Crippen LogP contribution >= 0.6 is 27.3 Å². The van der Waals surface area contributed by atoms with Crippen LogP contribution < -0.4 is 16.0 Å². The van der Waals surface area contributed by atoms with Crippen LogP contribution in [0.3, 0.4) is 0 Å². The maximum atomic E-state index is 11.9. The number of amides is 1. The van der Waals surface area contributed by atoms with Gasteiger partial charge in [0.25, 0.3) is 0 Å². The first-order valence-electron chi connectivity index (χ1n) is 7.98. The van der Waals surface area contributed by atoms with Crippen LogP contribution in [0.4, 0.5) is 5.69 Å². The molecule has 1 heterocycles. The summed E-state index contributed by atoms with van der Waals surface area (Å²) < 4.78 is 0.981. The van der Waals surface area contributed by atoms with Crippen molar-refractivity contribution in [2.75, 3.05) is 25.5 Å². The second-order valence-electron chi connectivity index (χ2n) is 5.35. The lowest BCUT2D eigenvalue weighted by Crippen LogP contribution is -2.39. The van der Waals surface area contributed by atoms with Crippen molar-refractivity contribution < 1.29 is 4.79 Å². The SMILES string of the molecule is CN=C(NCCC(=O)Nc1ccc(Br)cc1)NCCc1ncc(C)s1. The Bertz CT molecular complexity index is 714. The maximum Gasteiger partial charge on any atom is 0.226 e. The molecule has 1 aromatic heterocycles. The fourth-order valence-corrected chi connectivity index (χ4v) is 3.13. The number of anilines is 1. The summed E-state index contributed by atoms with van der Waals surface area (Å²) in [4.78, 5) is 21.6. The van der Waals surface area contributed by atoms with E-state index in [1.165, 1.54) is 4.88 Å². The Kier molecular flexibility index (Phi) is 7.87. The summed E-state index contributed by atoms with van der Waals surface area (Å²) >= 11 is 5.07. The molecule has 0 aliphatic heterocycles. The fourth-order valence-electron chi connectivity index (χ4n) is 2.08. The number of benzene rings is 1. The predicted octanol–water partition coefficient (Wildman–Crippen LogP) is 2.95. The van der Waals surface area contributed by atoms with E-state index in [1.807, 2.05) is 30.5 Å². The largest absolute Gasteiger partial charge is 0.356 e. The van der Waals surface area contributed by atoms with Crippen LogP contribution in [-0.4, -0.2) is 37.0 Å². The molecule has 0 aliphatic rings. The van der Waals surface area contributed by atoms with Gasteiger partial charge in [-0.2, -0.15) is 0 Å². The number of rotatable bonds is 7. The molecule has 6 nitrogen and oxygen atoms in total. The standard InChI is InChI=1S/C17H22BrN5OS/c1-12-11-22-16(25-12)8-10-21-17(19-2)20-9-7-15(24)23-14-5-3-13(18)4-6-14/h3-6,11H,7-10H2,1-2H3,(H,23,24)(H2,19,20,21). The van der Waals surface area contributed by atoms with Crippen LogP contribution in [0.25, 0.3) is 0 Å². The molecular formula is C17H22BrN5OS. The summed E-state index contributed by atoms with van der Waals surface area (Å²) in [5, 5.41) is 10.3. The lowest BCUT2D eigenvalue weighted by molar-refractivity contribution is -0.116. The van der Waals surface area contributed by atoms with E-state index in [-0.39, 0.29) is 5.91 Å². The van der Waals surface area contributed by atoms with Gasteiger partial charge in [-0.1, -0.05) is 15.9 Å². The summed E-state index contributed by atoms with van der Waals surface area (Å²) in [6.45, 7) is 3.31. The number of thiazole rings is 1. The monoisotopic (exact) mass is 423 g/mol. The number of aryl methyl sites for hydroxylation is 1. The number of nitrogens with zero attached hydrogens (tertiary/aromatic N) is 2. The van der Waals surface area contributed by atoms with Gasteiger partial charge in [0, 0.05) is 54.2 Å². The molecule has 2 rings (SSSR count). The number of aromatic nitrogens is 1. The van der Waals surface area contributed by atoms with E-state index < -0.39 is 0 Å². The maximum absolute atomic E-state index is 11.9. The molecule has 8 heteroatoms. The van der Waals surface area contributed by atoms with E-state index in [4.69, 9.17) is 0 Å². The molecule has 0 unspecified atom stereocenters. The lowest BCUT2D eigenvalue weighted by Gasteiger charge is -2.11. The van der Waals surface area contributed by atoms with Crippen LogP contribution in [0.1, 0.15) is 16.3 Å². The quantitative estimate of drug-likeness (QED) is 0.472. The minimum Gasteiger partial charge on any atom is -0.356 e. The molecule has 134 valence electrons. The van der Waals surface area contributed by atoms with Crippen molar-refractivity contribution in [2.45, 2.75) is 19.8 Å². The third-order valence-corrected chi connectivity index (χ3v) is 4.80. The average molecular weight is 424 g/mol. The molecule has 0 saturated heterocycles. The molecule has 2 aromatic rings. The van der Waals surface area contributed by atoms with Gasteiger partial charge in [0.15, 0.2) is 5.96 Å². The Balaban J connectivity index is 1.64. The van der Waals surface area contributed by atoms with Gasteiger partial charge < -0.3 is 16.0 Å². The highest BCUT2D eigenvalue weighted by atomic mass is 79.9. The number of hydrogen-bond acceptors (Lipinski definition) is 4. The Morgan fingerprint density at radius 2 is 1.96 bits per heavy atom. The van der Waals surface area contributed by atoms with Crippen molar-refractivity contribution in [3.63, 3.8) is 0 Å². The summed E-state index contributed by atoms with van der Waals surface area (Å²) in [7, 11) is 1.71. The minimum absolute atomic E-state index is 0.0384. The summed E-state index contributed by atoms with van der Waals surface area (Å²) in [5.41, 5.74) is 0.787. The van der Waals surface area contributed by atoms with Crippen molar-refractivity contribution in [3.8, 4) is 0 Å². The first-order chi connectivity index (χ1) is 12.1. The van der Waals surface area contributed by atoms with Gasteiger partial charge in [0.1, 0.15) is 0 Å². The zero-order valence-electron chi connectivity index (χ0n) is 14.3. The predicted molar refractivity (Wildman–Crippen MR) is 107 cm³/mol. The molecule has 0 fully saturated rings. The van der Waals surface area contributed by atoms with Crippen molar-refractivity contribution in [1.29, 1.82) is 0 Å². The number of nitrogens with one attached hydrogen (secondary N) is 3. The van der Waals surface area contributed by atoms with E-state index in [0.717, 1.165) is 28.1 Å². The topological polar surface area (TPSA) is 78.4 Å².